The summed E-state index contributed by atoms with van der Waals surface area (Å²) in [5.41, 5.74) is 6.14. The van der Waals surface area contributed by atoms with Crippen LogP contribution in [-0.4, -0.2) is 45.5 Å². The van der Waals surface area contributed by atoms with Gasteiger partial charge in [-0.1, -0.05) is 65.0 Å². The van der Waals surface area contributed by atoms with Gasteiger partial charge in [0.25, 0.3) is 0 Å². The third-order valence-electron chi connectivity index (χ3n) is 5.16. The smallest absolute Gasteiger partial charge is 0.244 e. The van der Waals surface area contributed by atoms with Gasteiger partial charge < -0.3 is 20.4 Å². The molecule has 27 heavy (non-hydrogen) atoms. The summed E-state index contributed by atoms with van der Waals surface area (Å²) in [6.45, 7) is 6.17. The first-order valence-corrected chi connectivity index (χ1v) is 11.0. The van der Waals surface area contributed by atoms with Gasteiger partial charge in [-0.2, -0.15) is 0 Å². The zero-order valence-corrected chi connectivity index (χ0v) is 19.3. The van der Waals surface area contributed by atoms with E-state index in [9.17, 15) is 9.59 Å². The number of unbranched alkanes of at least 4 members (excludes halogenated alkanes) is 4. The van der Waals surface area contributed by atoms with Gasteiger partial charge in [0.1, 0.15) is 16.7 Å². The van der Waals surface area contributed by atoms with Crippen LogP contribution in [0.3, 0.4) is 0 Å². The van der Waals surface area contributed by atoms with Crippen molar-refractivity contribution >= 4 is 22.3 Å². The third-order valence-corrected chi connectivity index (χ3v) is 5.67. The minimum absolute atomic E-state index is 0.0334. The summed E-state index contributed by atoms with van der Waals surface area (Å²) < 4.78 is 5.64. The summed E-state index contributed by atoms with van der Waals surface area (Å²) in [5.74, 6) is -0.0908. The Morgan fingerprint density at radius 1 is 1.22 bits per heavy atom. The van der Waals surface area contributed by atoms with Crippen molar-refractivity contribution in [3.05, 3.63) is 24.4 Å². The lowest BCUT2D eigenvalue weighted by atomic mass is 9.97. The first-order valence-electron chi connectivity index (χ1n) is 10.2. The molecule has 1 rings (SSSR count). The van der Waals surface area contributed by atoms with Crippen LogP contribution in [0.4, 0.5) is 0 Å². The molecule has 0 aromatic rings. The third kappa shape index (κ3) is 7.60. The molecule has 0 bridgehead atoms. The van der Waals surface area contributed by atoms with E-state index in [1.165, 1.54) is 12.8 Å². The van der Waals surface area contributed by atoms with Crippen LogP contribution in [0.25, 0.3) is 0 Å². The van der Waals surface area contributed by atoms with E-state index in [0.29, 0.717) is 16.9 Å². The van der Waals surface area contributed by atoms with Crippen molar-refractivity contribution in [1.29, 1.82) is 0 Å². The van der Waals surface area contributed by atoms with E-state index < -0.39 is 12.3 Å². The Labute approximate surface area is 167 Å². The molecule has 1 aliphatic rings. The number of rotatable bonds is 12. The number of carbonyl (C=O) groups is 2. The minimum atomic E-state index is -0.572. The number of allylic oxidation sites excluding steroid dienone is 2. The summed E-state index contributed by atoms with van der Waals surface area (Å²) in [5, 5.41) is 2.95. The highest BCUT2D eigenvalue weighted by Gasteiger charge is 2.33. The largest absolute Gasteiger partial charge is 0.407 e. The molecule has 2 amide bonds. The molecule has 4 atom stereocenters. The maximum atomic E-state index is 12.8. The molecule has 3 N–H and O–H groups in total. The van der Waals surface area contributed by atoms with Gasteiger partial charge in [0.05, 0.1) is 12.1 Å². The molecular weight excluding hydrogens is 358 g/mol. The Kier molecular flexibility index (Phi) is 11.2. The van der Waals surface area contributed by atoms with Crippen molar-refractivity contribution in [3.63, 3.8) is 0 Å². The van der Waals surface area contributed by atoms with Crippen LogP contribution < -0.4 is 11.1 Å². The van der Waals surface area contributed by atoms with Crippen molar-refractivity contribution in [2.45, 2.75) is 84.0 Å². The normalized spacial score (nSPS) is 19.7. The van der Waals surface area contributed by atoms with Gasteiger partial charge in [-0.15, -0.1) is 0 Å². The number of amides is 2. The average molecular weight is 396 g/mol. The van der Waals surface area contributed by atoms with Gasteiger partial charge in [0, 0.05) is 12.6 Å². The van der Waals surface area contributed by atoms with E-state index in [2.05, 4.69) is 12.2 Å². The molecule has 0 aliphatic carbocycles. The molecule has 0 spiro atoms. The van der Waals surface area contributed by atoms with Crippen LogP contribution in [0, 0.1) is 5.92 Å². The van der Waals surface area contributed by atoms with Crippen LogP contribution in [0.1, 0.15) is 65.7 Å². The number of hydrogen-bond acceptors (Lipinski definition) is 4. The van der Waals surface area contributed by atoms with Gasteiger partial charge in [-0.05, 0) is 18.4 Å². The molecule has 6 nitrogen and oxygen atoms in total. The predicted octanol–water partition coefficient (Wildman–Crippen LogP) is 1.74. The fourth-order valence-electron chi connectivity index (χ4n) is 3.05. The quantitative estimate of drug-likeness (QED) is 0.299. The van der Waals surface area contributed by atoms with Crippen molar-refractivity contribution in [2.75, 3.05) is 0 Å². The highest BCUT2D eigenvalue weighted by Crippen LogP contribution is 2.18. The van der Waals surface area contributed by atoms with Crippen LogP contribution >= 0.6 is 0 Å². The van der Waals surface area contributed by atoms with Gasteiger partial charge in [0.15, 0.2) is 0 Å². The summed E-state index contributed by atoms with van der Waals surface area (Å²) in [6, 6.07) is -0.947. The molecule has 7 heteroatoms. The first kappa shape index (κ1) is 23.6. The lowest BCUT2D eigenvalue weighted by Gasteiger charge is -2.36. The predicted molar refractivity (Wildman–Crippen MR) is 113 cm³/mol. The van der Waals surface area contributed by atoms with Crippen LogP contribution in [0.2, 0.25) is 0 Å². The molecule has 0 aromatic heterocycles. The summed E-state index contributed by atoms with van der Waals surface area (Å²) in [7, 11) is 0.456. The first-order chi connectivity index (χ1) is 13.0. The van der Waals surface area contributed by atoms with Gasteiger partial charge in [-0.3, -0.25) is 9.59 Å². The van der Waals surface area contributed by atoms with E-state index in [1.54, 1.807) is 17.2 Å². The molecule has 1 aliphatic heterocycles. The second-order valence-electron chi connectivity index (χ2n) is 7.26. The maximum Gasteiger partial charge on any atom is 0.244 e. The topological polar surface area (TPSA) is 84.7 Å². The van der Waals surface area contributed by atoms with Gasteiger partial charge in [-0.25, -0.2) is 0 Å². The second-order valence-corrected chi connectivity index (χ2v) is 7.73. The molecule has 0 radical (unpaired) electrons. The molecule has 0 saturated carbocycles. The van der Waals surface area contributed by atoms with Gasteiger partial charge in [0.2, 0.25) is 11.8 Å². The number of nitrogens with one attached hydrogen (secondary N) is 1. The van der Waals surface area contributed by atoms with Crippen LogP contribution in [-0.2, 0) is 14.0 Å². The Bertz CT molecular complexity index is 525. The van der Waals surface area contributed by atoms with E-state index in [0.717, 1.165) is 25.7 Å². The fraction of sp³-hybridized carbons (Fsp3) is 0.700. The minimum Gasteiger partial charge on any atom is -0.407 e. The van der Waals surface area contributed by atoms with Crippen molar-refractivity contribution in [3.8, 4) is 0 Å². The molecular formula is C20H37N3O3Si. The highest BCUT2D eigenvalue weighted by molar-refractivity contribution is 5.98. The Morgan fingerprint density at radius 3 is 2.56 bits per heavy atom. The van der Waals surface area contributed by atoms with E-state index >= 15 is 0 Å². The van der Waals surface area contributed by atoms with Crippen molar-refractivity contribution < 1.29 is 14.0 Å². The summed E-state index contributed by atoms with van der Waals surface area (Å²) in [4.78, 5) is 26.8. The number of nitrogens with zero attached hydrogens (tertiary/aromatic N) is 1. The molecule has 154 valence electrons. The molecule has 1 heterocycles. The number of hydrogen-bond donors (Lipinski definition) is 2. The van der Waals surface area contributed by atoms with E-state index in [4.69, 9.17) is 10.2 Å². The second kappa shape index (κ2) is 12.9. The summed E-state index contributed by atoms with van der Waals surface area (Å²) in [6.07, 6.45) is 13.5. The fourth-order valence-corrected chi connectivity index (χ4v) is 3.45. The zero-order valence-electron chi connectivity index (χ0n) is 17.3. The van der Waals surface area contributed by atoms with Crippen LogP contribution in [0.5, 0.6) is 0 Å². The lowest BCUT2D eigenvalue weighted by Crippen LogP contribution is -2.56. The monoisotopic (exact) mass is 395 g/mol. The van der Waals surface area contributed by atoms with Crippen molar-refractivity contribution in [2.24, 2.45) is 11.7 Å². The Morgan fingerprint density at radius 2 is 1.93 bits per heavy atom. The average Bonchev–Trinajstić information content (AvgIpc) is 2.70. The molecule has 0 saturated heterocycles. The molecule has 0 fully saturated rings. The Hall–Kier alpha value is -1.44. The standard InChI is InChI=1S/C20H37N3O3Si/c1-4-6-7-8-9-13-17(24)22-19(26-27)16-12-10-11-14-23(16)20(25)18(21)15(3)5-2/h10-12,14-16,18-19H,4-9,13,21H2,1-3,27H3,(H,22,24)/t15-,16?,18-,19?/m0/s1. The SMILES string of the molecule is CCCCCCCC(=O)NC(O[SiH3])C1C=CC=CN1C(=O)[C@@H](N)[C@@H](C)CC. The molecule has 0 aromatic carbocycles. The van der Waals surface area contributed by atoms with Crippen molar-refractivity contribution in [1.82, 2.24) is 10.2 Å². The van der Waals surface area contributed by atoms with Crippen LogP contribution in [0.15, 0.2) is 24.4 Å². The maximum absolute atomic E-state index is 12.8. The molecule has 2 unspecified atom stereocenters. The highest BCUT2D eigenvalue weighted by atomic mass is 28.2. The van der Waals surface area contributed by atoms with Gasteiger partial charge >= 0.3 is 0 Å². The van der Waals surface area contributed by atoms with E-state index in [-0.39, 0.29) is 23.8 Å². The summed E-state index contributed by atoms with van der Waals surface area (Å²) >= 11 is 0. The zero-order chi connectivity index (χ0) is 20.2. The van der Waals surface area contributed by atoms with E-state index in [1.807, 2.05) is 26.0 Å². The number of carbonyl (C=O) groups excluding carboxylic acids is 2. The Balaban J connectivity index is 2.68. The number of nitrogens with two attached hydrogens (primary N) is 1. The lowest BCUT2D eigenvalue weighted by molar-refractivity contribution is -0.135.